The molecule has 0 bridgehead atoms. The van der Waals surface area contributed by atoms with Crippen molar-refractivity contribution in [2.45, 2.75) is 38.5 Å². The summed E-state index contributed by atoms with van der Waals surface area (Å²) in [6.07, 6.45) is 7.23. The number of carbonyl (C=O) groups is 1. The van der Waals surface area contributed by atoms with E-state index in [1.165, 1.54) is 25.7 Å². The highest BCUT2D eigenvalue weighted by Gasteiger charge is 2.13. The molecule has 0 saturated heterocycles. The lowest BCUT2D eigenvalue weighted by Gasteiger charge is -2.12. The van der Waals surface area contributed by atoms with Gasteiger partial charge >= 0.3 is 0 Å². The first-order chi connectivity index (χ1) is 7.20. The largest absolute Gasteiger partial charge is 0.349 e. The zero-order valence-electron chi connectivity index (χ0n) is 10.1. The molecular formula is C12H24N2O. The standard InChI is InChI=1S/C12H24N2O/c1-14(2)12(15)8-5-9-13-10-11-6-3-4-7-11/h11,13H,3-10H2,1-2H3. The molecule has 3 heteroatoms. The van der Waals surface area contributed by atoms with E-state index in [0.717, 1.165) is 25.4 Å². The third kappa shape index (κ3) is 5.17. The fraction of sp³-hybridized carbons (Fsp3) is 0.917. The van der Waals surface area contributed by atoms with Crippen molar-refractivity contribution < 1.29 is 4.79 Å². The molecule has 0 aromatic rings. The summed E-state index contributed by atoms with van der Waals surface area (Å²) in [5.41, 5.74) is 0. The van der Waals surface area contributed by atoms with Gasteiger partial charge in [0.15, 0.2) is 0 Å². The highest BCUT2D eigenvalue weighted by Crippen LogP contribution is 2.23. The Hall–Kier alpha value is -0.570. The van der Waals surface area contributed by atoms with Gasteiger partial charge in [-0.15, -0.1) is 0 Å². The van der Waals surface area contributed by atoms with Gasteiger partial charge in [0, 0.05) is 20.5 Å². The number of hydrogen-bond donors (Lipinski definition) is 1. The third-order valence-electron chi connectivity index (χ3n) is 3.15. The van der Waals surface area contributed by atoms with E-state index in [0.29, 0.717) is 6.42 Å². The Morgan fingerprint density at radius 3 is 2.60 bits per heavy atom. The Morgan fingerprint density at radius 2 is 2.00 bits per heavy atom. The van der Waals surface area contributed by atoms with E-state index in [4.69, 9.17) is 0 Å². The molecule has 0 unspecified atom stereocenters. The average Bonchev–Trinajstić information content (AvgIpc) is 2.69. The first-order valence-electron chi connectivity index (χ1n) is 6.11. The maximum absolute atomic E-state index is 11.3. The van der Waals surface area contributed by atoms with E-state index in [1.807, 2.05) is 14.1 Å². The second-order valence-electron chi connectivity index (χ2n) is 4.75. The first kappa shape index (κ1) is 12.5. The fourth-order valence-electron chi connectivity index (χ4n) is 2.11. The van der Waals surface area contributed by atoms with Crippen molar-refractivity contribution in [3.05, 3.63) is 0 Å². The molecule has 1 rings (SSSR count). The molecule has 0 aromatic carbocycles. The topological polar surface area (TPSA) is 32.3 Å². The highest BCUT2D eigenvalue weighted by atomic mass is 16.2. The van der Waals surface area contributed by atoms with Gasteiger partial charge in [-0.3, -0.25) is 4.79 Å². The SMILES string of the molecule is CN(C)C(=O)CCCNCC1CCCC1. The lowest BCUT2D eigenvalue weighted by molar-refractivity contribution is -0.128. The molecule has 0 heterocycles. The molecule has 1 fully saturated rings. The number of carbonyl (C=O) groups excluding carboxylic acids is 1. The minimum atomic E-state index is 0.234. The highest BCUT2D eigenvalue weighted by molar-refractivity contribution is 5.75. The third-order valence-corrected chi connectivity index (χ3v) is 3.15. The zero-order chi connectivity index (χ0) is 11.1. The van der Waals surface area contributed by atoms with E-state index < -0.39 is 0 Å². The van der Waals surface area contributed by atoms with E-state index in [2.05, 4.69) is 5.32 Å². The van der Waals surface area contributed by atoms with Crippen LogP contribution in [0.15, 0.2) is 0 Å². The second kappa shape index (κ2) is 6.83. The van der Waals surface area contributed by atoms with E-state index in [1.54, 1.807) is 4.90 Å². The summed E-state index contributed by atoms with van der Waals surface area (Å²) in [6, 6.07) is 0. The Kier molecular flexibility index (Phi) is 5.69. The van der Waals surface area contributed by atoms with Crippen LogP contribution in [-0.4, -0.2) is 38.0 Å². The molecule has 1 aliphatic rings. The van der Waals surface area contributed by atoms with Crippen molar-refractivity contribution >= 4 is 5.91 Å². The van der Waals surface area contributed by atoms with Crippen LogP contribution < -0.4 is 5.32 Å². The quantitative estimate of drug-likeness (QED) is 0.679. The molecule has 1 saturated carbocycles. The number of nitrogens with one attached hydrogen (secondary N) is 1. The van der Waals surface area contributed by atoms with Crippen LogP contribution in [0.2, 0.25) is 0 Å². The molecule has 0 aliphatic heterocycles. The summed E-state index contributed by atoms with van der Waals surface area (Å²) in [5, 5.41) is 3.45. The maximum atomic E-state index is 11.3. The Balaban J connectivity index is 1.90. The number of hydrogen-bond acceptors (Lipinski definition) is 2. The van der Waals surface area contributed by atoms with Crippen molar-refractivity contribution in [2.24, 2.45) is 5.92 Å². The molecule has 1 aliphatic carbocycles. The molecule has 15 heavy (non-hydrogen) atoms. The second-order valence-corrected chi connectivity index (χ2v) is 4.75. The van der Waals surface area contributed by atoms with Crippen molar-refractivity contribution in [3.8, 4) is 0 Å². The predicted molar refractivity (Wildman–Crippen MR) is 62.8 cm³/mol. The summed E-state index contributed by atoms with van der Waals surface area (Å²) < 4.78 is 0. The van der Waals surface area contributed by atoms with E-state index in [9.17, 15) is 4.79 Å². The Labute approximate surface area is 93.2 Å². The minimum Gasteiger partial charge on any atom is -0.349 e. The molecular weight excluding hydrogens is 188 g/mol. The van der Waals surface area contributed by atoms with Gasteiger partial charge in [0.1, 0.15) is 0 Å². The maximum Gasteiger partial charge on any atom is 0.222 e. The van der Waals surface area contributed by atoms with Gasteiger partial charge in [-0.05, 0) is 38.3 Å². The normalized spacial score (nSPS) is 16.9. The lowest BCUT2D eigenvalue weighted by Crippen LogP contribution is -2.25. The van der Waals surface area contributed by atoms with Crippen LogP contribution in [0.25, 0.3) is 0 Å². The average molecular weight is 212 g/mol. The Bertz CT molecular complexity index is 186. The number of amides is 1. The number of nitrogens with zero attached hydrogens (tertiary/aromatic N) is 1. The lowest BCUT2D eigenvalue weighted by atomic mass is 10.1. The molecule has 1 N–H and O–H groups in total. The van der Waals surface area contributed by atoms with Gasteiger partial charge in [-0.2, -0.15) is 0 Å². The van der Waals surface area contributed by atoms with Gasteiger partial charge < -0.3 is 10.2 Å². The van der Waals surface area contributed by atoms with E-state index in [-0.39, 0.29) is 5.91 Å². The molecule has 0 atom stereocenters. The van der Waals surface area contributed by atoms with Crippen LogP contribution in [0.5, 0.6) is 0 Å². The number of rotatable bonds is 6. The van der Waals surface area contributed by atoms with Gasteiger partial charge in [-0.1, -0.05) is 12.8 Å². The molecule has 0 spiro atoms. The molecule has 0 aromatic heterocycles. The summed E-state index contributed by atoms with van der Waals surface area (Å²) in [7, 11) is 3.63. The minimum absolute atomic E-state index is 0.234. The van der Waals surface area contributed by atoms with Crippen molar-refractivity contribution in [1.29, 1.82) is 0 Å². The first-order valence-corrected chi connectivity index (χ1v) is 6.11. The van der Waals surface area contributed by atoms with Crippen LogP contribution in [0.1, 0.15) is 38.5 Å². The van der Waals surface area contributed by atoms with Crippen molar-refractivity contribution in [3.63, 3.8) is 0 Å². The van der Waals surface area contributed by atoms with Gasteiger partial charge in [0.05, 0.1) is 0 Å². The summed E-state index contributed by atoms with van der Waals surface area (Å²) in [5.74, 6) is 1.13. The van der Waals surface area contributed by atoms with Crippen LogP contribution in [-0.2, 0) is 4.79 Å². The molecule has 0 radical (unpaired) electrons. The van der Waals surface area contributed by atoms with Gasteiger partial charge in [-0.25, -0.2) is 0 Å². The summed E-state index contributed by atoms with van der Waals surface area (Å²) >= 11 is 0. The van der Waals surface area contributed by atoms with Crippen LogP contribution in [0.4, 0.5) is 0 Å². The van der Waals surface area contributed by atoms with E-state index >= 15 is 0 Å². The Morgan fingerprint density at radius 1 is 1.33 bits per heavy atom. The van der Waals surface area contributed by atoms with Crippen LogP contribution in [0.3, 0.4) is 0 Å². The fourth-order valence-corrected chi connectivity index (χ4v) is 2.11. The van der Waals surface area contributed by atoms with Gasteiger partial charge in [0.25, 0.3) is 0 Å². The van der Waals surface area contributed by atoms with Crippen molar-refractivity contribution in [1.82, 2.24) is 10.2 Å². The molecule has 1 amide bonds. The predicted octanol–water partition coefficient (Wildman–Crippen LogP) is 1.63. The van der Waals surface area contributed by atoms with Crippen LogP contribution >= 0.6 is 0 Å². The molecule has 3 nitrogen and oxygen atoms in total. The van der Waals surface area contributed by atoms with Crippen molar-refractivity contribution in [2.75, 3.05) is 27.2 Å². The summed E-state index contributed by atoms with van der Waals surface area (Å²) in [6.45, 7) is 2.13. The van der Waals surface area contributed by atoms with Crippen LogP contribution in [0, 0.1) is 5.92 Å². The summed E-state index contributed by atoms with van der Waals surface area (Å²) in [4.78, 5) is 12.9. The monoisotopic (exact) mass is 212 g/mol. The zero-order valence-corrected chi connectivity index (χ0v) is 10.1. The molecule has 88 valence electrons. The smallest absolute Gasteiger partial charge is 0.222 e. The van der Waals surface area contributed by atoms with Gasteiger partial charge in [0.2, 0.25) is 5.91 Å².